The van der Waals surface area contributed by atoms with Crippen LogP contribution in [0.2, 0.25) is 0 Å². The number of hydrogen-bond acceptors (Lipinski definition) is 6. The summed E-state index contributed by atoms with van der Waals surface area (Å²) in [4.78, 5) is 21.3. The number of fused-ring (bicyclic) bond motifs is 1. The molecular formula is C17H20FN7. The average molecular weight is 341 g/mol. The molecule has 3 aromatic rings. The maximum atomic E-state index is 14.7. The predicted octanol–water partition coefficient (Wildman–Crippen LogP) is 2.11. The maximum Gasteiger partial charge on any atom is 0.187 e. The van der Waals surface area contributed by atoms with E-state index in [1.54, 1.807) is 12.4 Å². The van der Waals surface area contributed by atoms with Crippen LogP contribution in [-0.2, 0) is 0 Å². The van der Waals surface area contributed by atoms with Crippen molar-refractivity contribution in [2.24, 2.45) is 0 Å². The zero-order valence-corrected chi connectivity index (χ0v) is 14.3. The van der Waals surface area contributed by atoms with E-state index in [1.165, 1.54) is 6.33 Å². The van der Waals surface area contributed by atoms with Crippen molar-refractivity contribution in [1.82, 2.24) is 24.3 Å². The van der Waals surface area contributed by atoms with E-state index in [0.717, 1.165) is 24.6 Å². The molecule has 0 amide bonds. The van der Waals surface area contributed by atoms with Crippen molar-refractivity contribution in [2.45, 2.75) is 19.8 Å². The van der Waals surface area contributed by atoms with Gasteiger partial charge in [0.1, 0.15) is 6.33 Å². The van der Waals surface area contributed by atoms with Crippen molar-refractivity contribution in [3.8, 4) is 0 Å². The first-order valence-electron chi connectivity index (χ1n) is 8.43. The number of imidazole rings is 1. The smallest absolute Gasteiger partial charge is 0.187 e. The summed E-state index contributed by atoms with van der Waals surface area (Å²) in [6.45, 7) is 6.69. The van der Waals surface area contributed by atoms with Gasteiger partial charge in [-0.1, -0.05) is 13.8 Å². The molecule has 0 N–H and O–H groups in total. The number of hydrogen-bond donors (Lipinski definition) is 0. The summed E-state index contributed by atoms with van der Waals surface area (Å²) in [5.41, 5.74) is 1.31. The number of aromatic nitrogens is 5. The van der Waals surface area contributed by atoms with Gasteiger partial charge in [-0.15, -0.1) is 0 Å². The van der Waals surface area contributed by atoms with E-state index >= 15 is 0 Å². The summed E-state index contributed by atoms with van der Waals surface area (Å²) in [5.74, 6) is 0.980. The zero-order valence-electron chi connectivity index (χ0n) is 14.3. The lowest BCUT2D eigenvalue weighted by Gasteiger charge is -2.36. The fourth-order valence-corrected chi connectivity index (χ4v) is 3.19. The van der Waals surface area contributed by atoms with Gasteiger partial charge in [0.05, 0.1) is 5.69 Å². The highest BCUT2D eigenvalue weighted by atomic mass is 19.1. The molecule has 130 valence electrons. The number of halogens is 1. The van der Waals surface area contributed by atoms with E-state index in [2.05, 4.69) is 24.8 Å². The molecule has 0 radical (unpaired) electrons. The highest BCUT2D eigenvalue weighted by molar-refractivity contribution is 5.64. The summed E-state index contributed by atoms with van der Waals surface area (Å²) in [6.07, 6.45) is 8.77. The molecule has 1 aliphatic rings. The molecule has 0 aliphatic carbocycles. The fraction of sp³-hybridized carbons (Fsp3) is 0.412. The normalized spacial score (nSPS) is 15.4. The molecule has 0 atom stereocenters. The molecule has 0 aromatic carbocycles. The second kappa shape index (κ2) is 6.27. The van der Waals surface area contributed by atoms with Crippen LogP contribution in [-0.4, -0.2) is 50.5 Å². The monoisotopic (exact) mass is 341 g/mol. The first-order chi connectivity index (χ1) is 12.1. The lowest BCUT2D eigenvalue weighted by atomic mass is 10.1. The Hall–Kier alpha value is -2.77. The summed E-state index contributed by atoms with van der Waals surface area (Å²) < 4.78 is 16.6. The molecule has 4 rings (SSSR count). The van der Waals surface area contributed by atoms with Crippen molar-refractivity contribution in [1.29, 1.82) is 0 Å². The first kappa shape index (κ1) is 15.7. The van der Waals surface area contributed by atoms with E-state index in [0.29, 0.717) is 24.6 Å². The van der Waals surface area contributed by atoms with Crippen LogP contribution in [0.4, 0.5) is 16.0 Å². The quantitative estimate of drug-likeness (QED) is 0.727. The Kier molecular flexibility index (Phi) is 3.95. The maximum absolute atomic E-state index is 14.7. The van der Waals surface area contributed by atoms with Gasteiger partial charge >= 0.3 is 0 Å². The molecule has 1 saturated heterocycles. The summed E-state index contributed by atoms with van der Waals surface area (Å²) in [7, 11) is 0. The van der Waals surface area contributed by atoms with Crippen LogP contribution in [0, 0.1) is 5.82 Å². The number of nitrogens with zero attached hydrogens (tertiary/aromatic N) is 7. The van der Waals surface area contributed by atoms with Gasteiger partial charge in [-0.05, 0) is 5.92 Å². The van der Waals surface area contributed by atoms with Gasteiger partial charge in [-0.25, -0.2) is 24.3 Å². The molecule has 25 heavy (non-hydrogen) atoms. The van der Waals surface area contributed by atoms with Crippen molar-refractivity contribution in [3.05, 3.63) is 42.6 Å². The van der Waals surface area contributed by atoms with Gasteiger partial charge in [0.15, 0.2) is 23.1 Å². The van der Waals surface area contributed by atoms with E-state index < -0.39 is 0 Å². The van der Waals surface area contributed by atoms with Crippen LogP contribution in [0.25, 0.3) is 5.65 Å². The second-order valence-electron chi connectivity index (χ2n) is 6.43. The molecule has 8 heteroatoms. The minimum Gasteiger partial charge on any atom is -0.351 e. The van der Waals surface area contributed by atoms with Crippen LogP contribution >= 0.6 is 0 Å². The summed E-state index contributed by atoms with van der Waals surface area (Å²) >= 11 is 0. The van der Waals surface area contributed by atoms with Crippen molar-refractivity contribution in [2.75, 3.05) is 36.0 Å². The third kappa shape index (κ3) is 2.77. The first-order valence-corrected chi connectivity index (χ1v) is 8.43. The molecule has 0 bridgehead atoms. The molecule has 1 aliphatic heterocycles. The van der Waals surface area contributed by atoms with Crippen molar-refractivity contribution < 1.29 is 4.39 Å². The molecule has 4 heterocycles. The van der Waals surface area contributed by atoms with Crippen molar-refractivity contribution in [3.63, 3.8) is 0 Å². The molecule has 0 spiro atoms. The third-order valence-corrected chi connectivity index (χ3v) is 4.52. The number of rotatable bonds is 3. The van der Waals surface area contributed by atoms with E-state index in [1.807, 2.05) is 35.5 Å². The fourth-order valence-electron chi connectivity index (χ4n) is 3.19. The Labute approximate surface area is 145 Å². The largest absolute Gasteiger partial charge is 0.351 e. The molecule has 0 saturated carbocycles. The Bertz CT molecular complexity index is 884. The highest BCUT2D eigenvalue weighted by Crippen LogP contribution is 2.25. The molecule has 7 nitrogen and oxygen atoms in total. The second-order valence-corrected chi connectivity index (χ2v) is 6.43. The lowest BCUT2D eigenvalue weighted by molar-refractivity contribution is 0.556. The molecule has 1 fully saturated rings. The number of piperazine rings is 1. The highest BCUT2D eigenvalue weighted by Gasteiger charge is 2.25. The zero-order chi connectivity index (χ0) is 17.4. The van der Waals surface area contributed by atoms with Gasteiger partial charge in [0.2, 0.25) is 0 Å². The number of anilines is 2. The average Bonchev–Trinajstić information content (AvgIpc) is 3.10. The van der Waals surface area contributed by atoms with E-state index in [4.69, 9.17) is 0 Å². The SMILES string of the molecule is CC(C)c1ncnc(N2CCN(c3nccn4ccnc34)CC2)c1F. The molecular weight excluding hydrogens is 321 g/mol. The third-order valence-electron chi connectivity index (χ3n) is 4.52. The van der Waals surface area contributed by atoms with Crippen LogP contribution in [0.1, 0.15) is 25.5 Å². The summed E-state index contributed by atoms with van der Waals surface area (Å²) in [5, 5.41) is 0. The standard InChI is InChI=1S/C17H20FN7/c1-12(2)14-13(18)15(22-11-21-14)24-7-9-25(10-8-24)17-16-19-3-5-23(16)6-4-20-17/h3-6,11-12H,7-10H2,1-2H3. The molecule has 3 aromatic heterocycles. The molecule has 0 unspecified atom stereocenters. The van der Waals surface area contributed by atoms with Gasteiger partial charge < -0.3 is 14.2 Å². The summed E-state index contributed by atoms with van der Waals surface area (Å²) in [6, 6.07) is 0. The van der Waals surface area contributed by atoms with Gasteiger partial charge in [-0.2, -0.15) is 0 Å². The van der Waals surface area contributed by atoms with Gasteiger partial charge in [0.25, 0.3) is 0 Å². The Balaban J connectivity index is 1.54. The predicted molar refractivity (Wildman–Crippen MR) is 93.5 cm³/mol. The van der Waals surface area contributed by atoms with Crippen LogP contribution in [0.5, 0.6) is 0 Å². The Morgan fingerprint density at radius 3 is 2.20 bits per heavy atom. The van der Waals surface area contributed by atoms with Gasteiger partial charge in [0, 0.05) is 51.0 Å². The van der Waals surface area contributed by atoms with Crippen LogP contribution in [0.15, 0.2) is 31.1 Å². The Morgan fingerprint density at radius 1 is 0.880 bits per heavy atom. The minimum atomic E-state index is -0.306. The van der Waals surface area contributed by atoms with E-state index in [9.17, 15) is 4.39 Å². The topological polar surface area (TPSA) is 62.5 Å². The minimum absolute atomic E-state index is 0.0327. The lowest BCUT2D eigenvalue weighted by Crippen LogP contribution is -2.47. The van der Waals surface area contributed by atoms with Crippen LogP contribution in [0.3, 0.4) is 0 Å². The van der Waals surface area contributed by atoms with Crippen molar-refractivity contribution >= 4 is 17.3 Å². The Morgan fingerprint density at radius 2 is 1.52 bits per heavy atom. The van der Waals surface area contributed by atoms with Gasteiger partial charge in [-0.3, -0.25) is 0 Å². The van der Waals surface area contributed by atoms with Crippen LogP contribution < -0.4 is 9.80 Å². The van der Waals surface area contributed by atoms with E-state index in [-0.39, 0.29) is 11.7 Å².